The minimum atomic E-state index is -3.52. The lowest BCUT2D eigenvalue weighted by molar-refractivity contribution is 0.137. The number of sulfonamides is 1. The molecule has 32 heavy (non-hydrogen) atoms. The van der Waals surface area contributed by atoms with Crippen molar-refractivity contribution in [3.8, 4) is 5.75 Å². The summed E-state index contributed by atoms with van der Waals surface area (Å²) in [6.45, 7) is 5.65. The summed E-state index contributed by atoms with van der Waals surface area (Å²) in [7, 11) is -0.380. The average Bonchev–Trinajstić information content (AvgIpc) is 3.06. The molecule has 0 radical (unpaired) electrons. The molecule has 2 atom stereocenters. The number of ether oxygens (including phenoxy) is 1. The number of hydrogen-bond acceptors (Lipinski definition) is 5. The van der Waals surface area contributed by atoms with Gasteiger partial charge in [0.05, 0.1) is 4.90 Å². The molecule has 4 rings (SSSR count). The van der Waals surface area contributed by atoms with E-state index in [1.54, 1.807) is 26.2 Å². The van der Waals surface area contributed by atoms with E-state index < -0.39 is 10.0 Å². The van der Waals surface area contributed by atoms with Crippen molar-refractivity contribution in [3.05, 3.63) is 59.2 Å². The average molecular weight is 480 g/mol. The molecule has 8 heteroatoms. The highest BCUT2D eigenvalue weighted by molar-refractivity contribution is 7.89. The number of rotatable bonds is 6. The van der Waals surface area contributed by atoms with Crippen LogP contribution in [-0.4, -0.2) is 45.0 Å². The van der Waals surface area contributed by atoms with Crippen LogP contribution in [0.3, 0.4) is 0 Å². The van der Waals surface area contributed by atoms with Gasteiger partial charge in [0, 0.05) is 44.7 Å². The monoisotopic (exact) mass is 479 g/mol. The summed E-state index contributed by atoms with van der Waals surface area (Å²) >= 11 is 0. The number of halogens is 1. The molecule has 0 aromatic heterocycles. The van der Waals surface area contributed by atoms with Crippen molar-refractivity contribution in [2.45, 2.75) is 62.2 Å². The molecule has 0 bridgehead atoms. The molecule has 0 amide bonds. The summed E-state index contributed by atoms with van der Waals surface area (Å²) in [6.07, 6.45) is 2.87. The molecule has 1 saturated heterocycles. The van der Waals surface area contributed by atoms with Crippen molar-refractivity contribution in [2.24, 2.45) is 0 Å². The summed E-state index contributed by atoms with van der Waals surface area (Å²) in [5.41, 5.74) is 2.80. The van der Waals surface area contributed by atoms with E-state index in [4.69, 9.17) is 4.74 Å². The smallest absolute Gasteiger partial charge is 0.242 e. The topological polar surface area (TPSA) is 70.7 Å². The maximum atomic E-state index is 12.8. The Morgan fingerprint density at radius 1 is 1.19 bits per heavy atom. The normalized spacial score (nSPS) is 22.2. The minimum absolute atomic E-state index is 0. The van der Waals surface area contributed by atoms with Crippen LogP contribution < -0.4 is 15.4 Å². The zero-order valence-corrected chi connectivity index (χ0v) is 20.9. The van der Waals surface area contributed by atoms with Crippen molar-refractivity contribution < 1.29 is 13.2 Å². The first-order chi connectivity index (χ1) is 14.7. The highest BCUT2D eigenvalue weighted by atomic mass is 35.5. The summed E-state index contributed by atoms with van der Waals surface area (Å²) in [5, 5.41) is 7.34. The molecule has 2 aromatic rings. The lowest BCUT2D eigenvalue weighted by atomic mass is 9.92. The second kappa shape index (κ2) is 9.69. The minimum Gasteiger partial charge on any atom is -0.487 e. The third kappa shape index (κ3) is 5.13. The lowest BCUT2D eigenvalue weighted by Crippen LogP contribution is -2.45. The van der Waals surface area contributed by atoms with Crippen LogP contribution >= 0.6 is 12.4 Å². The first-order valence-corrected chi connectivity index (χ1v) is 12.4. The van der Waals surface area contributed by atoms with Crippen molar-refractivity contribution in [2.75, 3.05) is 20.6 Å². The van der Waals surface area contributed by atoms with E-state index in [0.29, 0.717) is 17.9 Å². The van der Waals surface area contributed by atoms with E-state index in [0.717, 1.165) is 36.3 Å². The maximum absolute atomic E-state index is 12.8. The van der Waals surface area contributed by atoms with Gasteiger partial charge in [-0.2, -0.15) is 0 Å². The molecule has 0 saturated carbocycles. The Kier molecular flexibility index (Phi) is 7.57. The molecular weight excluding hydrogens is 446 g/mol. The molecule has 1 fully saturated rings. The Morgan fingerprint density at radius 3 is 2.59 bits per heavy atom. The molecule has 0 unspecified atom stereocenters. The number of fused-ring (bicyclic) bond motifs is 1. The van der Waals surface area contributed by atoms with E-state index in [1.807, 2.05) is 19.9 Å². The second-order valence-electron chi connectivity index (χ2n) is 9.37. The van der Waals surface area contributed by atoms with Gasteiger partial charge in [0.2, 0.25) is 10.0 Å². The Balaban J connectivity index is 0.00000289. The van der Waals surface area contributed by atoms with E-state index >= 15 is 0 Å². The van der Waals surface area contributed by atoms with Crippen molar-refractivity contribution in [1.29, 1.82) is 0 Å². The fourth-order valence-electron chi connectivity index (χ4n) is 4.61. The van der Waals surface area contributed by atoms with Crippen LogP contribution in [-0.2, 0) is 23.0 Å². The molecule has 2 aromatic carbocycles. The SMILES string of the molecule is CN(C)S(=O)(=O)c1cc(CN[C@H]2CCCN[C@H]2c2ccccc2)c2c(c1)CC(C)(C)O2.Cl. The fourth-order valence-corrected chi connectivity index (χ4v) is 5.61. The van der Waals surface area contributed by atoms with Crippen LogP contribution in [0.15, 0.2) is 47.4 Å². The van der Waals surface area contributed by atoms with Crippen LogP contribution in [0, 0.1) is 0 Å². The van der Waals surface area contributed by atoms with E-state index in [-0.39, 0.29) is 30.1 Å². The molecule has 6 nitrogen and oxygen atoms in total. The molecule has 2 aliphatic heterocycles. The number of piperidine rings is 1. The number of nitrogens with one attached hydrogen (secondary N) is 2. The molecule has 2 aliphatic rings. The fraction of sp³-hybridized carbons (Fsp3) is 0.500. The molecule has 0 aliphatic carbocycles. The predicted octanol–water partition coefficient (Wildman–Crippen LogP) is 3.66. The van der Waals surface area contributed by atoms with Crippen LogP contribution in [0.5, 0.6) is 5.75 Å². The van der Waals surface area contributed by atoms with Gasteiger partial charge >= 0.3 is 0 Å². The van der Waals surface area contributed by atoms with Crippen LogP contribution in [0.4, 0.5) is 0 Å². The summed E-state index contributed by atoms with van der Waals surface area (Å²) in [6, 6.07) is 14.5. The third-order valence-electron chi connectivity index (χ3n) is 6.16. The van der Waals surface area contributed by atoms with E-state index in [2.05, 4.69) is 34.9 Å². The maximum Gasteiger partial charge on any atom is 0.242 e. The Morgan fingerprint density at radius 2 is 1.91 bits per heavy atom. The van der Waals surface area contributed by atoms with Gasteiger partial charge in [0.1, 0.15) is 11.4 Å². The van der Waals surface area contributed by atoms with Crippen molar-refractivity contribution in [1.82, 2.24) is 14.9 Å². The highest BCUT2D eigenvalue weighted by Gasteiger charge is 2.34. The number of nitrogens with zero attached hydrogens (tertiary/aromatic N) is 1. The first kappa shape index (κ1) is 25.0. The number of benzene rings is 2. The van der Waals surface area contributed by atoms with Crippen molar-refractivity contribution >= 4 is 22.4 Å². The van der Waals surface area contributed by atoms with Crippen LogP contribution in [0.2, 0.25) is 0 Å². The molecule has 2 N–H and O–H groups in total. The summed E-state index contributed by atoms with van der Waals surface area (Å²) in [5.74, 6) is 0.829. The van der Waals surface area contributed by atoms with Gasteiger partial charge in [-0.15, -0.1) is 12.4 Å². The van der Waals surface area contributed by atoms with Gasteiger partial charge in [0.15, 0.2) is 0 Å². The second-order valence-corrected chi connectivity index (χ2v) is 11.5. The zero-order valence-electron chi connectivity index (χ0n) is 19.2. The Bertz CT molecular complexity index is 1040. The first-order valence-electron chi connectivity index (χ1n) is 11.0. The Labute approximate surface area is 198 Å². The lowest BCUT2D eigenvalue weighted by Gasteiger charge is -2.34. The Hall–Kier alpha value is -1.64. The largest absolute Gasteiger partial charge is 0.487 e. The van der Waals surface area contributed by atoms with Crippen molar-refractivity contribution in [3.63, 3.8) is 0 Å². The van der Waals surface area contributed by atoms with E-state index in [1.165, 1.54) is 9.87 Å². The number of hydrogen-bond donors (Lipinski definition) is 2. The zero-order chi connectivity index (χ0) is 22.2. The van der Waals surface area contributed by atoms with Gasteiger partial charge in [-0.3, -0.25) is 0 Å². The molecule has 176 valence electrons. The van der Waals surface area contributed by atoms with E-state index in [9.17, 15) is 8.42 Å². The van der Waals surface area contributed by atoms with Gasteiger partial charge in [-0.1, -0.05) is 30.3 Å². The summed E-state index contributed by atoms with van der Waals surface area (Å²) < 4.78 is 33.2. The van der Waals surface area contributed by atoms with Gasteiger partial charge < -0.3 is 15.4 Å². The molecular formula is C24H34ClN3O3S. The third-order valence-corrected chi connectivity index (χ3v) is 7.95. The standard InChI is InChI=1S/C24H33N3O3S.ClH/c1-24(2)15-18-13-20(31(28,29)27(3)4)14-19(23(18)30-24)16-26-21-11-8-12-25-22(21)17-9-6-5-7-10-17;/h5-7,9-10,13-14,21-22,25-26H,8,11-12,15-16H2,1-4H3;1H/t21-,22-;/m0./s1. The van der Waals surface area contributed by atoms with Gasteiger partial charge in [-0.25, -0.2) is 12.7 Å². The predicted molar refractivity (Wildman–Crippen MR) is 130 cm³/mol. The van der Waals surface area contributed by atoms with Crippen LogP contribution in [0.25, 0.3) is 0 Å². The molecule has 2 heterocycles. The highest BCUT2D eigenvalue weighted by Crippen LogP contribution is 2.40. The van der Waals surface area contributed by atoms with Gasteiger partial charge in [0.25, 0.3) is 0 Å². The summed E-state index contributed by atoms with van der Waals surface area (Å²) in [4.78, 5) is 0.329. The van der Waals surface area contributed by atoms with Crippen LogP contribution in [0.1, 0.15) is 49.4 Å². The van der Waals surface area contributed by atoms with Gasteiger partial charge in [-0.05, 0) is 56.5 Å². The quantitative estimate of drug-likeness (QED) is 0.661. The molecule has 0 spiro atoms.